The molecule has 1 rings (SSSR count). The van der Waals surface area contributed by atoms with E-state index in [0.717, 1.165) is 12.2 Å². The fraction of sp³-hybridized carbons (Fsp3) is 0.545. The van der Waals surface area contributed by atoms with E-state index in [9.17, 15) is 0 Å². The summed E-state index contributed by atoms with van der Waals surface area (Å²) in [6.07, 6.45) is 1.90. The molecule has 0 saturated heterocycles. The van der Waals surface area contributed by atoms with Crippen LogP contribution in [0.4, 0.5) is 0 Å². The summed E-state index contributed by atoms with van der Waals surface area (Å²) in [5.41, 5.74) is 2.34. The molecule has 1 aromatic heterocycles. The highest BCUT2D eigenvalue weighted by Crippen LogP contribution is 1.99. The van der Waals surface area contributed by atoms with Gasteiger partial charge in [-0.1, -0.05) is 19.9 Å². The van der Waals surface area contributed by atoms with Gasteiger partial charge in [-0.25, -0.2) is 0 Å². The van der Waals surface area contributed by atoms with Crippen LogP contribution < -0.4 is 0 Å². The number of hydrogen-bond donors (Lipinski definition) is 0. The molecule has 0 atom stereocenters. The van der Waals surface area contributed by atoms with Gasteiger partial charge in [0.25, 0.3) is 0 Å². The lowest BCUT2D eigenvalue weighted by Gasteiger charge is -2.07. The molecular formula is C11H20N2. The highest BCUT2D eigenvalue weighted by Gasteiger charge is 1.94. The quantitative estimate of drug-likeness (QED) is 0.695. The molecule has 0 saturated carbocycles. The maximum absolute atomic E-state index is 4.28. The van der Waals surface area contributed by atoms with Gasteiger partial charge in [0.2, 0.25) is 0 Å². The Morgan fingerprint density at radius 3 is 2.23 bits per heavy atom. The van der Waals surface area contributed by atoms with E-state index in [1.165, 1.54) is 5.56 Å². The van der Waals surface area contributed by atoms with Crippen LogP contribution >= 0.6 is 0 Å². The lowest BCUT2D eigenvalue weighted by molar-refractivity contribution is 0.397. The molecule has 0 radical (unpaired) electrons. The van der Waals surface area contributed by atoms with Crippen molar-refractivity contribution in [1.82, 2.24) is 9.88 Å². The molecule has 0 amide bonds. The van der Waals surface area contributed by atoms with Gasteiger partial charge >= 0.3 is 0 Å². The molecule has 0 aliphatic heterocycles. The molecule has 0 N–H and O–H groups in total. The Labute approximate surface area is 81.6 Å². The highest BCUT2D eigenvalue weighted by atomic mass is 15.1. The smallest absolute Gasteiger partial charge is 0.0543 e. The second kappa shape index (κ2) is 6.61. The topological polar surface area (TPSA) is 16.1 Å². The second-order valence-electron chi connectivity index (χ2n) is 3.06. The summed E-state index contributed by atoms with van der Waals surface area (Å²) in [7, 11) is 4.09. The van der Waals surface area contributed by atoms with E-state index >= 15 is 0 Å². The maximum Gasteiger partial charge on any atom is 0.0543 e. The fourth-order valence-corrected chi connectivity index (χ4v) is 0.916. The van der Waals surface area contributed by atoms with Crippen molar-refractivity contribution in [2.24, 2.45) is 0 Å². The largest absolute Gasteiger partial charge is 0.304 e. The molecule has 0 spiro atoms. The average Bonchev–Trinajstić information content (AvgIpc) is 2.12. The minimum Gasteiger partial charge on any atom is -0.304 e. The first-order valence-corrected chi connectivity index (χ1v) is 4.75. The summed E-state index contributed by atoms with van der Waals surface area (Å²) in [6, 6.07) is 4.15. The standard InChI is InChI=1S/C9H14N2.C2H6/c1-8-4-5-9(10-6-8)7-11(2)3;1-2/h4-6H,7H2,1-3H3;1-2H3. The van der Waals surface area contributed by atoms with E-state index in [1.54, 1.807) is 0 Å². The van der Waals surface area contributed by atoms with Crippen molar-refractivity contribution in [3.63, 3.8) is 0 Å². The van der Waals surface area contributed by atoms with E-state index in [-0.39, 0.29) is 0 Å². The summed E-state index contributed by atoms with van der Waals surface area (Å²) in [5.74, 6) is 0. The van der Waals surface area contributed by atoms with Crippen LogP contribution in [0, 0.1) is 6.92 Å². The van der Waals surface area contributed by atoms with Crippen molar-refractivity contribution < 1.29 is 0 Å². The van der Waals surface area contributed by atoms with Crippen molar-refractivity contribution in [2.75, 3.05) is 14.1 Å². The Bertz CT molecular complexity index is 214. The predicted octanol–water partition coefficient (Wildman–Crippen LogP) is 2.48. The van der Waals surface area contributed by atoms with Crippen LogP contribution in [0.1, 0.15) is 25.1 Å². The zero-order valence-corrected chi connectivity index (χ0v) is 9.33. The summed E-state index contributed by atoms with van der Waals surface area (Å²) in [4.78, 5) is 6.39. The van der Waals surface area contributed by atoms with Gasteiger partial charge in [0.15, 0.2) is 0 Å². The van der Waals surface area contributed by atoms with E-state index in [4.69, 9.17) is 0 Å². The number of hydrogen-bond acceptors (Lipinski definition) is 2. The molecule has 2 heteroatoms. The Kier molecular flexibility index (Phi) is 6.15. The Hall–Kier alpha value is -0.890. The lowest BCUT2D eigenvalue weighted by Crippen LogP contribution is -2.11. The molecule has 2 nitrogen and oxygen atoms in total. The minimum atomic E-state index is 0.917. The molecular weight excluding hydrogens is 160 g/mol. The molecule has 0 aromatic carbocycles. The maximum atomic E-state index is 4.28. The minimum absolute atomic E-state index is 0.917. The van der Waals surface area contributed by atoms with Crippen molar-refractivity contribution in [3.05, 3.63) is 29.6 Å². The van der Waals surface area contributed by atoms with Gasteiger partial charge in [0, 0.05) is 12.7 Å². The van der Waals surface area contributed by atoms with Gasteiger partial charge in [0.1, 0.15) is 0 Å². The number of aryl methyl sites for hydroxylation is 1. The first-order valence-electron chi connectivity index (χ1n) is 4.75. The van der Waals surface area contributed by atoms with Crippen molar-refractivity contribution in [3.8, 4) is 0 Å². The van der Waals surface area contributed by atoms with Crippen LogP contribution in [0.25, 0.3) is 0 Å². The SMILES string of the molecule is CC.Cc1ccc(CN(C)C)nc1. The van der Waals surface area contributed by atoms with Crippen LogP contribution in [0.3, 0.4) is 0 Å². The summed E-state index contributed by atoms with van der Waals surface area (Å²) < 4.78 is 0. The van der Waals surface area contributed by atoms with Gasteiger partial charge < -0.3 is 4.90 Å². The number of pyridine rings is 1. The lowest BCUT2D eigenvalue weighted by atomic mass is 10.3. The third kappa shape index (κ3) is 5.36. The number of aromatic nitrogens is 1. The van der Waals surface area contributed by atoms with Gasteiger partial charge in [-0.3, -0.25) is 4.98 Å². The molecule has 0 aliphatic rings. The first kappa shape index (κ1) is 12.1. The van der Waals surface area contributed by atoms with Gasteiger partial charge in [-0.15, -0.1) is 0 Å². The van der Waals surface area contributed by atoms with Crippen LogP contribution in [0.5, 0.6) is 0 Å². The normalized spacial score (nSPS) is 9.38. The summed E-state index contributed by atoms with van der Waals surface area (Å²) in [5, 5.41) is 0. The van der Waals surface area contributed by atoms with Gasteiger partial charge in [-0.2, -0.15) is 0 Å². The monoisotopic (exact) mass is 180 g/mol. The Balaban J connectivity index is 0.000000671. The molecule has 13 heavy (non-hydrogen) atoms. The van der Waals surface area contributed by atoms with E-state index in [0.29, 0.717) is 0 Å². The van der Waals surface area contributed by atoms with E-state index in [1.807, 2.05) is 41.1 Å². The van der Waals surface area contributed by atoms with Gasteiger partial charge in [-0.05, 0) is 32.6 Å². The fourth-order valence-electron chi connectivity index (χ4n) is 0.916. The summed E-state index contributed by atoms with van der Waals surface area (Å²) >= 11 is 0. The molecule has 0 unspecified atom stereocenters. The Morgan fingerprint density at radius 2 is 1.85 bits per heavy atom. The number of rotatable bonds is 2. The molecule has 1 aromatic rings. The molecule has 0 fully saturated rings. The zero-order chi connectivity index (χ0) is 10.3. The van der Waals surface area contributed by atoms with Crippen LogP contribution in [0.2, 0.25) is 0 Å². The highest BCUT2D eigenvalue weighted by molar-refractivity contribution is 5.11. The second-order valence-corrected chi connectivity index (χ2v) is 3.06. The average molecular weight is 180 g/mol. The van der Waals surface area contributed by atoms with Crippen molar-refractivity contribution in [2.45, 2.75) is 27.3 Å². The Morgan fingerprint density at radius 1 is 1.23 bits per heavy atom. The third-order valence-corrected chi connectivity index (χ3v) is 1.45. The molecule has 74 valence electrons. The van der Waals surface area contributed by atoms with Crippen molar-refractivity contribution in [1.29, 1.82) is 0 Å². The summed E-state index contributed by atoms with van der Waals surface area (Å²) in [6.45, 7) is 6.96. The molecule has 0 aliphatic carbocycles. The van der Waals surface area contributed by atoms with Crippen molar-refractivity contribution >= 4 is 0 Å². The number of nitrogens with zero attached hydrogens (tertiary/aromatic N) is 2. The zero-order valence-electron chi connectivity index (χ0n) is 9.33. The molecule has 1 heterocycles. The van der Waals surface area contributed by atoms with Crippen LogP contribution in [0.15, 0.2) is 18.3 Å². The molecule has 0 bridgehead atoms. The van der Waals surface area contributed by atoms with E-state index in [2.05, 4.69) is 22.0 Å². The van der Waals surface area contributed by atoms with Crippen LogP contribution in [-0.2, 0) is 6.54 Å². The van der Waals surface area contributed by atoms with Gasteiger partial charge in [0.05, 0.1) is 5.69 Å². The third-order valence-electron chi connectivity index (χ3n) is 1.45. The predicted molar refractivity (Wildman–Crippen MR) is 57.7 cm³/mol. The van der Waals surface area contributed by atoms with Crippen LogP contribution in [-0.4, -0.2) is 24.0 Å². The van der Waals surface area contributed by atoms with E-state index < -0.39 is 0 Å². The first-order chi connectivity index (χ1) is 6.18.